The SMILES string of the molecule is C[C@H](c1ccccc1I)N1C(=O)c2ccc(C#N)cc2C1C(=O)NCc1ccccc1. The number of carbonyl (C=O) groups is 2. The smallest absolute Gasteiger partial charge is 0.255 e. The topological polar surface area (TPSA) is 73.2 Å². The Morgan fingerprint density at radius 3 is 2.55 bits per heavy atom. The number of halogens is 1. The first-order chi connectivity index (χ1) is 15.0. The maximum Gasteiger partial charge on any atom is 0.255 e. The highest BCUT2D eigenvalue weighted by atomic mass is 127. The van der Waals surface area contributed by atoms with Crippen molar-refractivity contribution in [1.29, 1.82) is 5.26 Å². The summed E-state index contributed by atoms with van der Waals surface area (Å²) in [6, 6.07) is 23.4. The molecule has 2 amide bonds. The summed E-state index contributed by atoms with van der Waals surface area (Å²) in [6.07, 6.45) is 0. The zero-order valence-corrected chi connectivity index (χ0v) is 19.0. The van der Waals surface area contributed by atoms with Gasteiger partial charge in [-0.05, 0) is 70.5 Å². The molecule has 0 aliphatic carbocycles. The molecular formula is C25H20IN3O2. The van der Waals surface area contributed by atoms with Crippen LogP contribution in [0.1, 0.15) is 51.6 Å². The highest BCUT2D eigenvalue weighted by molar-refractivity contribution is 14.1. The van der Waals surface area contributed by atoms with E-state index in [9.17, 15) is 14.9 Å². The predicted octanol–water partition coefficient (Wildman–Crippen LogP) is 4.74. The summed E-state index contributed by atoms with van der Waals surface area (Å²) in [5.74, 6) is -0.463. The van der Waals surface area contributed by atoms with E-state index in [0.29, 0.717) is 23.2 Å². The molecule has 0 radical (unpaired) electrons. The summed E-state index contributed by atoms with van der Waals surface area (Å²) in [5, 5.41) is 12.3. The molecule has 1 unspecified atom stereocenters. The van der Waals surface area contributed by atoms with E-state index in [1.54, 1.807) is 23.1 Å². The molecule has 1 aliphatic heterocycles. The largest absolute Gasteiger partial charge is 0.350 e. The van der Waals surface area contributed by atoms with Crippen LogP contribution in [0.25, 0.3) is 0 Å². The molecule has 0 bridgehead atoms. The van der Waals surface area contributed by atoms with Gasteiger partial charge in [0.1, 0.15) is 6.04 Å². The molecular weight excluding hydrogens is 501 g/mol. The Morgan fingerprint density at radius 1 is 1.13 bits per heavy atom. The first kappa shape index (κ1) is 21.1. The zero-order valence-electron chi connectivity index (χ0n) is 16.9. The van der Waals surface area contributed by atoms with Crippen LogP contribution in [0, 0.1) is 14.9 Å². The first-order valence-electron chi connectivity index (χ1n) is 9.94. The Hall–Kier alpha value is -3.18. The van der Waals surface area contributed by atoms with E-state index in [1.807, 2.05) is 61.5 Å². The van der Waals surface area contributed by atoms with E-state index in [2.05, 4.69) is 34.0 Å². The number of amides is 2. The van der Waals surface area contributed by atoms with E-state index in [-0.39, 0.29) is 17.9 Å². The molecule has 0 fully saturated rings. The number of hydrogen-bond acceptors (Lipinski definition) is 3. The van der Waals surface area contributed by atoms with Crippen molar-refractivity contribution in [3.8, 4) is 6.07 Å². The average Bonchev–Trinajstić information content (AvgIpc) is 3.09. The van der Waals surface area contributed by atoms with Crippen LogP contribution >= 0.6 is 22.6 Å². The summed E-state index contributed by atoms with van der Waals surface area (Å²) in [7, 11) is 0. The van der Waals surface area contributed by atoms with Crippen LogP contribution in [0.5, 0.6) is 0 Å². The monoisotopic (exact) mass is 521 g/mol. The maximum absolute atomic E-state index is 13.4. The fourth-order valence-electron chi connectivity index (χ4n) is 3.97. The van der Waals surface area contributed by atoms with E-state index in [4.69, 9.17) is 0 Å². The van der Waals surface area contributed by atoms with Crippen LogP contribution in [-0.2, 0) is 11.3 Å². The molecule has 3 aromatic carbocycles. The van der Waals surface area contributed by atoms with Crippen LogP contribution < -0.4 is 5.32 Å². The highest BCUT2D eigenvalue weighted by Gasteiger charge is 2.44. The Labute approximate surface area is 194 Å². The Bertz CT molecular complexity index is 1190. The van der Waals surface area contributed by atoms with Gasteiger partial charge in [0.25, 0.3) is 5.91 Å². The molecule has 0 saturated heterocycles. The molecule has 6 heteroatoms. The second-order valence-electron chi connectivity index (χ2n) is 7.43. The van der Waals surface area contributed by atoms with Gasteiger partial charge in [0.2, 0.25) is 5.91 Å². The normalized spacial score (nSPS) is 15.8. The highest BCUT2D eigenvalue weighted by Crippen LogP contribution is 2.41. The van der Waals surface area contributed by atoms with Crippen LogP contribution in [0.4, 0.5) is 0 Å². The number of rotatable bonds is 5. The fourth-order valence-corrected chi connectivity index (χ4v) is 4.81. The van der Waals surface area contributed by atoms with Crippen molar-refractivity contribution < 1.29 is 9.59 Å². The number of carbonyl (C=O) groups excluding carboxylic acids is 2. The minimum absolute atomic E-state index is 0.202. The molecule has 0 saturated carbocycles. The second-order valence-corrected chi connectivity index (χ2v) is 8.59. The maximum atomic E-state index is 13.4. The summed E-state index contributed by atoms with van der Waals surface area (Å²) < 4.78 is 1.03. The third-order valence-corrected chi connectivity index (χ3v) is 6.53. The Morgan fingerprint density at radius 2 is 1.84 bits per heavy atom. The van der Waals surface area contributed by atoms with Gasteiger partial charge in [0, 0.05) is 15.7 Å². The van der Waals surface area contributed by atoms with Crippen LogP contribution in [0.2, 0.25) is 0 Å². The predicted molar refractivity (Wildman–Crippen MR) is 126 cm³/mol. The quantitative estimate of drug-likeness (QED) is 0.494. The van der Waals surface area contributed by atoms with Crippen molar-refractivity contribution in [1.82, 2.24) is 10.2 Å². The minimum Gasteiger partial charge on any atom is -0.350 e. The van der Waals surface area contributed by atoms with Gasteiger partial charge in [-0.15, -0.1) is 0 Å². The average molecular weight is 521 g/mol. The minimum atomic E-state index is -0.800. The van der Waals surface area contributed by atoms with Crippen LogP contribution in [0.15, 0.2) is 72.8 Å². The lowest BCUT2D eigenvalue weighted by Gasteiger charge is -2.31. The summed E-state index contributed by atoms with van der Waals surface area (Å²) in [6.45, 7) is 2.30. The molecule has 1 N–H and O–H groups in total. The molecule has 1 heterocycles. The van der Waals surface area contributed by atoms with Crippen molar-refractivity contribution in [3.63, 3.8) is 0 Å². The summed E-state index contributed by atoms with van der Waals surface area (Å²) in [5.41, 5.74) is 3.43. The third kappa shape index (κ3) is 4.06. The summed E-state index contributed by atoms with van der Waals surface area (Å²) in [4.78, 5) is 28.4. The Balaban J connectivity index is 1.72. The number of nitriles is 1. The zero-order chi connectivity index (χ0) is 22.0. The lowest BCUT2D eigenvalue weighted by atomic mass is 10.00. The van der Waals surface area contributed by atoms with Crippen molar-refractivity contribution >= 4 is 34.4 Å². The van der Waals surface area contributed by atoms with Crippen molar-refractivity contribution in [3.05, 3.63) is 104 Å². The first-order valence-corrected chi connectivity index (χ1v) is 11.0. The number of nitrogens with one attached hydrogen (secondary N) is 1. The molecule has 0 spiro atoms. The van der Waals surface area contributed by atoms with Crippen molar-refractivity contribution in [2.24, 2.45) is 0 Å². The standard InChI is InChI=1S/C25H20IN3O2/c1-16(19-9-5-6-10-22(19)26)29-23(24(30)28-15-17-7-3-2-4-8-17)21-13-18(14-27)11-12-20(21)25(29)31/h2-13,16,23H,15H2,1H3,(H,28,30)/t16-,23?/m1/s1. The van der Waals surface area contributed by atoms with Gasteiger partial charge in [-0.2, -0.15) is 5.26 Å². The van der Waals surface area contributed by atoms with Gasteiger partial charge < -0.3 is 10.2 Å². The molecule has 3 aromatic rings. The van der Waals surface area contributed by atoms with E-state index >= 15 is 0 Å². The molecule has 0 aromatic heterocycles. The summed E-state index contributed by atoms with van der Waals surface area (Å²) >= 11 is 2.25. The van der Waals surface area contributed by atoms with Gasteiger partial charge >= 0.3 is 0 Å². The fraction of sp³-hybridized carbons (Fsp3) is 0.160. The van der Waals surface area contributed by atoms with Crippen molar-refractivity contribution in [2.75, 3.05) is 0 Å². The van der Waals surface area contributed by atoms with E-state index < -0.39 is 6.04 Å². The van der Waals surface area contributed by atoms with Crippen molar-refractivity contribution in [2.45, 2.75) is 25.6 Å². The molecule has 31 heavy (non-hydrogen) atoms. The van der Waals surface area contributed by atoms with Crippen LogP contribution in [0.3, 0.4) is 0 Å². The molecule has 154 valence electrons. The Kier molecular flexibility index (Phi) is 6.05. The lowest BCUT2D eigenvalue weighted by Crippen LogP contribution is -2.40. The second kappa shape index (κ2) is 8.90. The van der Waals surface area contributed by atoms with Gasteiger partial charge in [-0.1, -0.05) is 48.5 Å². The molecule has 4 rings (SSSR count). The lowest BCUT2D eigenvalue weighted by molar-refractivity contribution is -0.126. The number of nitrogens with zero attached hydrogens (tertiary/aromatic N) is 2. The van der Waals surface area contributed by atoms with E-state index in [1.165, 1.54) is 0 Å². The van der Waals surface area contributed by atoms with E-state index in [0.717, 1.165) is 14.7 Å². The number of fused-ring (bicyclic) bond motifs is 1. The molecule has 5 nitrogen and oxygen atoms in total. The van der Waals surface area contributed by atoms with Gasteiger partial charge in [-0.3, -0.25) is 9.59 Å². The van der Waals surface area contributed by atoms with Crippen LogP contribution in [-0.4, -0.2) is 16.7 Å². The van der Waals surface area contributed by atoms with Gasteiger partial charge in [-0.25, -0.2) is 0 Å². The van der Waals surface area contributed by atoms with Gasteiger partial charge in [0.15, 0.2) is 0 Å². The third-order valence-electron chi connectivity index (χ3n) is 5.55. The van der Waals surface area contributed by atoms with Gasteiger partial charge in [0.05, 0.1) is 17.7 Å². The number of benzene rings is 3. The molecule has 2 atom stereocenters. The molecule has 1 aliphatic rings. The number of hydrogen-bond donors (Lipinski definition) is 1.